The van der Waals surface area contributed by atoms with E-state index in [9.17, 15) is 9.90 Å². The van der Waals surface area contributed by atoms with Gasteiger partial charge in [0.25, 0.3) is 0 Å². The summed E-state index contributed by atoms with van der Waals surface area (Å²) in [5.41, 5.74) is 1.64. The van der Waals surface area contributed by atoms with Crippen molar-refractivity contribution < 1.29 is 9.90 Å². The summed E-state index contributed by atoms with van der Waals surface area (Å²) < 4.78 is 0. The Labute approximate surface area is 125 Å². The molecule has 0 aliphatic heterocycles. The monoisotopic (exact) mass is 311 g/mol. The Morgan fingerprint density at radius 1 is 1.45 bits per heavy atom. The Morgan fingerprint density at radius 2 is 2.25 bits per heavy atom. The Morgan fingerprint density at radius 3 is 2.85 bits per heavy atom. The number of carbonyl (C=O) groups excluding carboxylic acids is 1. The van der Waals surface area contributed by atoms with Crippen LogP contribution in [0.3, 0.4) is 0 Å². The number of aliphatic hydroxyl groups is 1. The average Bonchev–Trinajstić information content (AvgIpc) is 3.05. The molecule has 1 unspecified atom stereocenters. The van der Waals surface area contributed by atoms with Gasteiger partial charge in [-0.15, -0.1) is 22.7 Å². The van der Waals surface area contributed by atoms with Gasteiger partial charge in [-0.2, -0.15) is 0 Å². The van der Waals surface area contributed by atoms with Crippen LogP contribution in [0.25, 0.3) is 0 Å². The first-order chi connectivity index (χ1) is 9.49. The molecule has 7 heteroatoms. The number of nitrogens with zero attached hydrogens (tertiary/aromatic N) is 1. The Hall–Kier alpha value is -1.44. The topological polar surface area (TPSA) is 74.2 Å². The van der Waals surface area contributed by atoms with Crippen molar-refractivity contribution in [2.45, 2.75) is 26.0 Å². The van der Waals surface area contributed by atoms with E-state index in [4.69, 9.17) is 0 Å². The van der Waals surface area contributed by atoms with Gasteiger partial charge in [0.15, 0.2) is 0 Å². The molecular formula is C13H17N3O2S2. The first kappa shape index (κ1) is 15.0. The van der Waals surface area contributed by atoms with Crippen LogP contribution in [0.4, 0.5) is 4.79 Å². The SMILES string of the molecule is Cc1ncsc1CNC(=O)NCC(C)(O)c1cccs1. The van der Waals surface area contributed by atoms with Crippen molar-refractivity contribution in [2.24, 2.45) is 0 Å². The summed E-state index contributed by atoms with van der Waals surface area (Å²) in [6.07, 6.45) is 0. The highest BCUT2D eigenvalue weighted by molar-refractivity contribution is 7.10. The second kappa shape index (κ2) is 6.34. The van der Waals surface area contributed by atoms with Crippen LogP contribution in [0.5, 0.6) is 0 Å². The summed E-state index contributed by atoms with van der Waals surface area (Å²) in [5.74, 6) is 0. The second-order valence-corrected chi connectivity index (χ2v) is 6.54. The van der Waals surface area contributed by atoms with E-state index in [1.54, 1.807) is 12.4 Å². The molecule has 0 saturated carbocycles. The van der Waals surface area contributed by atoms with Gasteiger partial charge >= 0.3 is 6.03 Å². The van der Waals surface area contributed by atoms with Gasteiger partial charge in [-0.1, -0.05) is 6.07 Å². The first-order valence-electron chi connectivity index (χ1n) is 6.16. The lowest BCUT2D eigenvalue weighted by atomic mass is 10.1. The predicted octanol–water partition coefficient (Wildman–Crippen LogP) is 2.22. The summed E-state index contributed by atoms with van der Waals surface area (Å²) >= 11 is 2.98. The van der Waals surface area contributed by atoms with Crippen molar-refractivity contribution in [3.05, 3.63) is 38.5 Å². The average molecular weight is 311 g/mol. The third-order valence-electron chi connectivity index (χ3n) is 2.90. The number of thiophene rings is 1. The molecule has 0 saturated heterocycles. The number of rotatable bonds is 5. The standard InChI is InChI=1S/C13H17N3O2S2/c1-9-10(20-8-16-9)6-14-12(17)15-7-13(2,18)11-4-3-5-19-11/h3-5,8,18H,6-7H2,1-2H3,(H2,14,15,17). The van der Waals surface area contributed by atoms with Crippen LogP contribution in [-0.4, -0.2) is 22.7 Å². The highest BCUT2D eigenvalue weighted by Crippen LogP contribution is 2.24. The molecule has 0 radical (unpaired) electrons. The minimum absolute atomic E-state index is 0.168. The van der Waals surface area contributed by atoms with Crippen molar-refractivity contribution in [3.8, 4) is 0 Å². The van der Waals surface area contributed by atoms with E-state index in [2.05, 4.69) is 15.6 Å². The molecule has 0 aliphatic carbocycles. The Bertz CT molecular complexity index is 564. The molecule has 2 rings (SSSR count). The van der Waals surface area contributed by atoms with Gasteiger partial charge in [-0.3, -0.25) is 0 Å². The first-order valence-corrected chi connectivity index (χ1v) is 7.92. The number of nitrogens with one attached hydrogen (secondary N) is 2. The van der Waals surface area contributed by atoms with Gasteiger partial charge in [-0.05, 0) is 25.3 Å². The van der Waals surface area contributed by atoms with E-state index < -0.39 is 5.60 Å². The van der Waals surface area contributed by atoms with Crippen molar-refractivity contribution in [1.82, 2.24) is 15.6 Å². The quantitative estimate of drug-likeness (QED) is 0.792. The van der Waals surface area contributed by atoms with Crippen molar-refractivity contribution in [1.29, 1.82) is 0 Å². The highest BCUT2D eigenvalue weighted by atomic mass is 32.1. The molecule has 2 aromatic rings. The molecule has 0 aromatic carbocycles. The number of hydrogen-bond donors (Lipinski definition) is 3. The largest absolute Gasteiger partial charge is 0.383 e. The normalized spacial score (nSPS) is 13.8. The van der Waals surface area contributed by atoms with E-state index in [1.807, 2.05) is 24.4 Å². The maximum absolute atomic E-state index is 11.7. The van der Waals surface area contributed by atoms with Crippen molar-refractivity contribution in [3.63, 3.8) is 0 Å². The predicted molar refractivity (Wildman–Crippen MR) is 81.0 cm³/mol. The molecule has 0 aliphatic rings. The summed E-state index contributed by atoms with van der Waals surface area (Å²) in [4.78, 5) is 17.7. The summed E-state index contributed by atoms with van der Waals surface area (Å²) in [6, 6.07) is 3.43. The molecule has 2 aromatic heterocycles. The number of amides is 2. The van der Waals surface area contributed by atoms with Crippen LogP contribution in [0.15, 0.2) is 23.0 Å². The molecule has 20 heavy (non-hydrogen) atoms. The van der Waals surface area contributed by atoms with Crippen molar-refractivity contribution in [2.75, 3.05) is 6.54 Å². The molecule has 0 fully saturated rings. The Balaban J connectivity index is 1.79. The minimum Gasteiger partial charge on any atom is -0.383 e. The molecule has 0 spiro atoms. The zero-order chi connectivity index (χ0) is 14.6. The number of aryl methyl sites for hydroxylation is 1. The van der Waals surface area contributed by atoms with Crippen LogP contribution >= 0.6 is 22.7 Å². The summed E-state index contributed by atoms with van der Waals surface area (Å²) in [6.45, 7) is 4.21. The molecule has 1 atom stereocenters. The Kier molecular flexibility index (Phi) is 4.74. The van der Waals surface area contributed by atoms with Crippen LogP contribution in [0.2, 0.25) is 0 Å². The fourth-order valence-electron chi connectivity index (χ4n) is 1.64. The van der Waals surface area contributed by atoms with Gasteiger partial charge in [0.1, 0.15) is 5.60 Å². The maximum Gasteiger partial charge on any atom is 0.315 e. The van der Waals surface area contributed by atoms with E-state index in [0.29, 0.717) is 6.54 Å². The van der Waals surface area contributed by atoms with Crippen LogP contribution < -0.4 is 10.6 Å². The lowest BCUT2D eigenvalue weighted by Crippen LogP contribution is -2.42. The zero-order valence-corrected chi connectivity index (χ0v) is 13.0. The summed E-state index contributed by atoms with van der Waals surface area (Å²) in [5, 5.41) is 17.6. The maximum atomic E-state index is 11.7. The van der Waals surface area contributed by atoms with Crippen molar-refractivity contribution >= 4 is 28.7 Å². The van der Waals surface area contributed by atoms with E-state index in [0.717, 1.165) is 15.4 Å². The number of carbonyl (C=O) groups is 1. The third kappa shape index (κ3) is 3.78. The molecule has 2 heterocycles. The molecule has 3 N–H and O–H groups in total. The fraction of sp³-hybridized carbons (Fsp3) is 0.385. The molecule has 5 nitrogen and oxygen atoms in total. The van der Waals surface area contributed by atoms with Gasteiger partial charge in [0.05, 0.1) is 24.3 Å². The number of thiazole rings is 1. The highest BCUT2D eigenvalue weighted by Gasteiger charge is 2.24. The number of urea groups is 1. The van der Waals surface area contributed by atoms with Crippen LogP contribution in [0, 0.1) is 6.92 Å². The van der Waals surface area contributed by atoms with Crippen LogP contribution in [0.1, 0.15) is 22.4 Å². The van der Waals surface area contributed by atoms with E-state index in [-0.39, 0.29) is 12.6 Å². The van der Waals surface area contributed by atoms with E-state index >= 15 is 0 Å². The van der Waals surface area contributed by atoms with Gasteiger partial charge in [-0.25, -0.2) is 9.78 Å². The third-order valence-corrected chi connectivity index (χ3v) is 4.96. The van der Waals surface area contributed by atoms with Gasteiger partial charge in [0.2, 0.25) is 0 Å². The van der Waals surface area contributed by atoms with Crippen LogP contribution in [-0.2, 0) is 12.1 Å². The van der Waals surface area contributed by atoms with E-state index in [1.165, 1.54) is 22.7 Å². The smallest absolute Gasteiger partial charge is 0.315 e. The molecule has 2 amide bonds. The fourth-order valence-corrected chi connectivity index (χ4v) is 3.15. The zero-order valence-electron chi connectivity index (χ0n) is 11.3. The number of aromatic nitrogens is 1. The van der Waals surface area contributed by atoms with Gasteiger partial charge in [0, 0.05) is 9.75 Å². The number of hydrogen-bond acceptors (Lipinski definition) is 5. The molecule has 0 bridgehead atoms. The van der Waals surface area contributed by atoms with Gasteiger partial charge < -0.3 is 15.7 Å². The second-order valence-electron chi connectivity index (χ2n) is 4.65. The minimum atomic E-state index is -1.05. The lowest BCUT2D eigenvalue weighted by Gasteiger charge is -2.22. The lowest BCUT2D eigenvalue weighted by molar-refractivity contribution is 0.0631. The molecule has 108 valence electrons. The molecular weight excluding hydrogens is 294 g/mol. The summed E-state index contributed by atoms with van der Waals surface area (Å²) in [7, 11) is 0.